The number of nitrogens with one attached hydrogen (secondary N) is 1. The lowest BCUT2D eigenvalue weighted by Crippen LogP contribution is -2.22. The fourth-order valence-electron chi connectivity index (χ4n) is 2.21. The Balaban J connectivity index is 0.00000122. The molecule has 0 aliphatic rings. The van der Waals surface area contributed by atoms with Crippen LogP contribution in [0.25, 0.3) is 11.1 Å². The fraction of sp³-hybridized carbons (Fsp3) is 0.250. The van der Waals surface area contributed by atoms with Gasteiger partial charge < -0.3 is 9.72 Å². The van der Waals surface area contributed by atoms with Crippen molar-refractivity contribution in [1.82, 2.24) is 4.98 Å². The molecule has 0 bridgehead atoms. The molecule has 144 valence electrons. The zero-order valence-electron chi connectivity index (χ0n) is 17.1. The maximum absolute atomic E-state index is 12.3. The second kappa shape index (κ2) is 10.6. The topological polar surface area (TPSA) is 65.9 Å². The number of H-pyrrole nitrogens is 1. The van der Waals surface area contributed by atoms with Crippen LogP contribution in [0.15, 0.2) is 59.9 Å². The Morgan fingerprint density at radius 1 is 1.18 bits per heavy atom. The van der Waals surface area contributed by atoms with Gasteiger partial charge in [0, 0.05) is 16.7 Å². The van der Waals surface area contributed by atoms with E-state index in [1.807, 2.05) is 65.0 Å². The molecular weight excluding hydrogens is 348 g/mol. The van der Waals surface area contributed by atoms with Crippen LogP contribution in [0.2, 0.25) is 0 Å². The van der Waals surface area contributed by atoms with E-state index in [0.29, 0.717) is 11.3 Å². The number of benzene rings is 1. The van der Waals surface area contributed by atoms with Crippen molar-refractivity contribution in [2.24, 2.45) is 0 Å². The SMILES string of the molecule is C/C=C\C#COc1ccc(-c2cc(C(C)(C)C)[nH]c(=O)c2C#N)cc1.C=CC. The van der Waals surface area contributed by atoms with Gasteiger partial charge in [0.15, 0.2) is 0 Å². The van der Waals surface area contributed by atoms with E-state index in [0.717, 1.165) is 11.3 Å². The summed E-state index contributed by atoms with van der Waals surface area (Å²) in [6.07, 6.45) is 7.84. The van der Waals surface area contributed by atoms with E-state index in [4.69, 9.17) is 4.74 Å². The number of nitrogens with zero attached hydrogens (tertiary/aromatic N) is 1. The molecule has 1 aromatic heterocycles. The Bertz CT molecular complexity index is 987. The molecule has 0 fully saturated rings. The monoisotopic (exact) mass is 374 g/mol. The highest BCUT2D eigenvalue weighted by molar-refractivity contribution is 5.71. The van der Waals surface area contributed by atoms with Crippen molar-refractivity contribution in [3.63, 3.8) is 0 Å². The highest BCUT2D eigenvalue weighted by atomic mass is 16.5. The lowest BCUT2D eigenvalue weighted by atomic mass is 9.89. The molecule has 0 unspecified atom stereocenters. The lowest BCUT2D eigenvalue weighted by Gasteiger charge is -2.19. The number of allylic oxidation sites excluding steroid dienone is 3. The zero-order chi connectivity index (χ0) is 21.2. The molecule has 0 spiro atoms. The van der Waals surface area contributed by atoms with Crippen molar-refractivity contribution in [3.8, 4) is 35.0 Å². The maximum Gasteiger partial charge on any atom is 0.266 e. The summed E-state index contributed by atoms with van der Waals surface area (Å²) in [6.45, 7) is 13.2. The van der Waals surface area contributed by atoms with Crippen LogP contribution >= 0.6 is 0 Å². The smallest absolute Gasteiger partial charge is 0.266 e. The first-order valence-corrected chi connectivity index (χ1v) is 8.92. The number of pyridine rings is 1. The summed E-state index contributed by atoms with van der Waals surface area (Å²) < 4.78 is 5.31. The van der Waals surface area contributed by atoms with Gasteiger partial charge in [-0.25, -0.2) is 0 Å². The second-order valence-corrected chi connectivity index (χ2v) is 6.94. The van der Waals surface area contributed by atoms with Crippen molar-refractivity contribution in [2.45, 2.75) is 40.0 Å². The van der Waals surface area contributed by atoms with Gasteiger partial charge in [-0.1, -0.05) is 45.1 Å². The van der Waals surface area contributed by atoms with Crippen LogP contribution in [-0.4, -0.2) is 4.98 Å². The minimum absolute atomic E-state index is 0.106. The fourth-order valence-corrected chi connectivity index (χ4v) is 2.21. The highest BCUT2D eigenvalue weighted by Gasteiger charge is 2.19. The predicted molar refractivity (Wildman–Crippen MR) is 115 cm³/mol. The number of aromatic amines is 1. The highest BCUT2D eigenvalue weighted by Crippen LogP contribution is 2.28. The molecule has 0 radical (unpaired) electrons. The molecule has 1 heterocycles. The van der Waals surface area contributed by atoms with Crippen molar-refractivity contribution in [3.05, 3.63) is 76.8 Å². The van der Waals surface area contributed by atoms with Crippen LogP contribution < -0.4 is 10.3 Å². The Kier molecular flexibility index (Phi) is 8.53. The average molecular weight is 374 g/mol. The van der Waals surface area contributed by atoms with E-state index in [1.165, 1.54) is 0 Å². The molecule has 2 aromatic rings. The Morgan fingerprint density at radius 3 is 2.29 bits per heavy atom. The van der Waals surface area contributed by atoms with Gasteiger partial charge in [0.1, 0.15) is 23.5 Å². The van der Waals surface area contributed by atoms with Gasteiger partial charge in [0.2, 0.25) is 0 Å². The van der Waals surface area contributed by atoms with Gasteiger partial charge in [0.25, 0.3) is 5.56 Å². The summed E-state index contributed by atoms with van der Waals surface area (Å²) >= 11 is 0. The molecule has 1 N–H and O–H groups in total. The summed E-state index contributed by atoms with van der Waals surface area (Å²) in [4.78, 5) is 15.1. The first-order valence-electron chi connectivity index (χ1n) is 8.92. The first-order chi connectivity index (χ1) is 13.3. The van der Waals surface area contributed by atoms with Crippen molar-refractivity contribution in [2.75, 3.05) is 0 Å². The van der Waals surface area contributed by atoms with Crippen LogP contribution in [0.1, 0.15) is 45.9 Å². The van der Waals surface area contributed by atoms with Crippen molar-refractivity contribution >= 4 is 0 Å². The number of nitriles is 1. The second-order valence-electron chi connectivity index (χ2n) is 6.94. The average Bonchev–Trinajstić information content (AvgIpc) is 2.65. The van der Waals surface area contributed by atoms with Gasteiger partial charge in [-0.15, -0.1) is 6.58 Å². The van der Waals surface area contributed by atoms with E-state index in [1.54, 1.807) is 24.3 Å². The van der Waals surface area contributed by atoms with Gasteiger partial charge in [-0.2, -0.15) is 5.26 Å². The normalized spacial score (nSPS) is 10.1. The summed E-state index contributed by atoms with van der Waals surface area (Å²) in [5.74, 6) is 3.34. The Labute approximate surface area is 167 Å². The number of hydrogen-bond acceptors (Lipinski definition) is 3. The van der Waals surface area contributed by atoms with E-state index in [-0.39, 0.29) is 16.5 Å². The third-order valence-corrected chi connectivity index (χ3v) is 3.60. The summed E-state index contributed by atoms with van der Waals surface area (Å²) in [5.41, 5.74) is 1.68. The van der Waals surface area contributed by atoms with E-state index in [9.17, 15) is 10.1 Å². The molecule has 4 nitrogen and oxygen atoms in total. The third-order valence-electron chi connectivity index (χ3n) is 3.60. The summed E-state index contributed by atoms with van der Waals surface area (Å²) in [5, 5.41) is 9.36. The Morgan fingerprint density at radius 2 is 1.79 bits per heavy atom. The minimum atomic E-state index is -0.373. The summed E-state index contributed by atoms with van der Waals surface area (Å²) in [6, 6.07) is 11.0. The van der Waals surface area contributed by atoms with E-state index in [2.05, 4.69) is 23.6 Å². The zero-order valence-corrected chi connectivity index (χ0v) is 17.1. The van der Waals surface area contributed by atoms with Crippen LogP contribution in [0, 0.1) is 23.4 Å². The number of rotatable bonds is 2. The van der Waals surface area contributed by atoms with E-state index >= 15 is 0 Å². The van der Waals surface area contributed by atoms with Crippen LogP contribution in [-0.2, 0) is 5.41 Å². The summed E-state index contributed by atoms with van der Waals surface area (Å²) in [7, 11) is 0. The van der Waals surface area contributed by atoms with Crippen molar-refractivity contribution in [1.29, 1.82) is 5.26 Å². The molecule has 28 heavy (non-hydrogen) atoms. The van der Waals surface area contributed by atoms with E-state index < -0.39 is 0 Å². The molecule has 0 aliphatic carbocycles. The minimum Gasteiger partial charge on any atom is -0.407 e. The van der Waals surface area contributed by atoms with Crippen LogP contribution in [0.5, 0.6) is 5.75 Å². The first kappa shape index (κ1) is 22.5. The maximum atomic E-state index is 12.3. The molecule has 0 aliphatic heterocycles. The quantitative estimate of drug-likeness (QED) is 0.571. The van der Waals surface area contributed by atoms with Gasteiger partial charge in [-0.05, 0) is 49.6 Å². The molecule has 2 rings (SSSR count). The predicted octanol–water partition coefficient (Wildman–Crippen LogP) is 5.32. The number of aromatic nitrogens is 1. The van der Waals surface area contributed by atoms with Crippen LogP contribution in [0.3, 0.4) is 0 Å². The third kappa shape index (κ3) is 6.34. The largest absolute Gasteiger partial charge is 0.407 e. The molecule has 1 aromatic carbocycles. The van der Waals surface area contributed by atoms with Crippen molar-refractivity contribution < 1.29 is 4.74 Å². The van der Waals surface area contributed by atoms with Gasteiger partial charge in [0.05, 0.1) is 0 Å². The Hall–Kier alpha value is -3.50. The number of ether oxygens (including phenoxy) is 1. The molecule has 0 saturated heterocycles. The standard InChI is InChI=1S/C21H20N2O2.C3H6/c1-5-6-7-12-25-16-10-8-15(9-11-16)17-13-19(21(2,3)4)23-20(24)18(17)14-22;1-3-2/h5-6,8-11,13H,1-4H3,(H,23,24);3H,1H2,2H3/b6-5-;. The van der Waals surface area contributed by atoms with Gasteiger partial charge in [-0.3, -0.25) is 4.79 Å². The molecule has 0 saturated carbocycles. The van der Waals surface area contributed by atoms with Gasteiger partial charge >= 0.3 is 0 Å². The molecule has 0 atom stereocenters. The molecule has 0 amide bonds. The molecular formula is C24H26N2O2. The number of hydrogen-bond donors (Lipinski definition) is 1. The molecule has 4 heteroatoms. The van der Waals surface area contributed by atoms with Crippen LogP contribution in [0.4, 0.5) is 0 Å². The lowest BCUT2D eigenvalue weighted by molar-refractivity contribution is 0.520.